The Hall–Kier alpha value is -2.36. The number of hydrogen-bond acceptors (Lipinski definition) is 4. The van der Waals surface area contributed by atoms with Crippen molar-refractivity contribution in [3.05, 3.63) is 33.9 Å². The van der Waals surface area contributed by atoms with Crippen molar-refractivity contribution in [2.75, 3.05) is 37.6 Å². The Morgan fingerprint density at radius 1 is 1.29 bits per heavy atom. The van der Waals surface area contributed by atoms with Crippen LogP contribution in [-0.2, 0) is 11.0 Å². The van der Waals surface area contributed by atoms with Gasteiger partial charge in [0.1, 0.15) is 5.69 Å². The molecule has 1 fully saturated rings. The number of piperazine rings is 1. The van der Waals surface area contributed by atoms with Crippen molar-refractivity contribution in [3.8, 4) is 0 Å². The van der Waals surface area contributed by atoms with Crippen molar-refractivity contribution in [1.29, 1.82) is 0 Å². The molecule has 0 unspecified atom stereocenters. The Morgan fingerprint density at radius 3 is 2.39 bits per heavy atom. The molecule has 1 saturated heterocycles. The molecule has 0 aromatic heterocycles. The first-order chi connectivity index (χ1) is 13.0. The van der Waals surface area contributed by atoms with Crippen LogP contribution in [0.15, 0.2) is 18.2 Å². The molecule has 1 aliphatic heterocycles. The Labute approximate surface area is 161 Å². The molecule has 0 radical (unpaired) electrons. The minimum Gasteiger partial charge on any atom is -0.355 e. The van der Waals surface area contributed by atoms with Crippen molar-refractivity contribution >= 4 is 17.3 Å². The highest BCUT2D eigenvalue weighted by molar-refractivity contribution is 5.77. The van der Waals surface area contributed by atoms with Crippen molar-refractivity contribution in [2.24, 2.45) is 5.92 Å². The highest BCUT2D eigenvalue weighted by atomic mass is 19.4. The third-order valence-corrected chi connectivity index (χ3v) is 5.11. The number of nitrogens with zero attached hydrogens (tertiary/aromatic N) is 2. The molecule has 1 atom stereocenters. The number of carbonyl (C=O) groups is 1. The zero-order valence-corrected chi connectivity index (χ0v) is 16.2. The first-order valence-corrected chi connectivity index (χ1v) is 9.22. The van der Waals surface area contributed by atoms with Gasteiger partial charge in [0.05, 0.1) is 36.7 Å². The summed E-state index contributed by atoms with van der Waals surface area (Å²) in [7, 11) is 0. The lowest BCUT2D eigenvalue weighted by Gasteiger charge is -2.33. The largest absolute Gasteiger partial charge is 0.416 e. The lowest BCUT2D eigenvalue weighted by molar-refractivity contribution is -0.892. The molecular weight excluding hydrogens is 377 g/mol. The average Bonchev–Trinajstić information content (AvgIpc) is 2.60. The van der Waals surface area contributed by atoms with E-state index in [1.165, 1.54) is 0 Å². The number of carbonyl (C=O) groups excluding carboxylic acids is 1. The van der Waals surface area contributed by atoms with E-state index in [9.17, 15) is 28.1 Å². The second-order valence-corrected chi connectivity index (χ2v) is 7.47. The summed E-state index contributed by atoms with van der Waals surface area (Å²) < 4.78 is 38.5. The molecule has 2 N–H and O–H groups in total. The smallest absolute Gasteiger partial charge is 0.355 e. The van der Waals surface area contributed by atoms with Crippen LogP contribution in [0.1, 0.15) is 26.3 Å². The van der Waals surface area contributed by atoms with E-state index in [1.807, 2.05) is 20.8 Å². The van der Waals surface area contributed by atoms with Crippen LogP contribution in [0.5, 0.6) is 0 Å². The summed E-state index contributed by atoms with van der Waals surface area (Å²) in [6.45, 7) is 8.28. The predicted octanol–water partition coefficient (Wildman–Crippen LogP) is 1.48. The van der Waals surface area contributed by atoms with Crippen LogP contribution in [0, 0.1) is 16.0 Å². The number of alkyl halides is 3. The van der Waals surface area contributed by atoms with Crippen molar-refractivity contribution in [2.45, 2.75) is 33.0 Å². The third kappa shape index (κ3) is 5.57. The Kier molecular flexibility index (Phi) is 6.87. The molecule has 1 aromatic carbocycles. The highest BCUT2D eigenvalue weighted by Gasteiger charge is 2.34. The van der Waals surface area contributed by atoms with Gasteiger partial charge in [0.25, 0.3) is 11.6 Å². The summed E-state index contributed by atoms with van der Waals surface area (Å²) in [6, 6.07) is 2.67. The molecule has 7 nitrogen and oxygen atoms in total. The number of nitro benzene ring substituents is 1. The van der Waals surface area contributed by atoms with Crippen molar-refractivity contribution in [1.82, 2.24) is 5.32 Å². The lowest BCUT2D eigenvalue weighted by atomic mass is 10.1. The molecule has 0 aliphatic carbocycles. The van der Waals surface area contributed by atoms with E-state index in [0.717, 1.165) is 17.0 Å². The standard InChI is InChI=1S/C18H25F3N4O3/c1-12(2)13(3)22-17(26)11-23-6-8-24(9-7-23)15-5-4-14(18(19,20)21)10-16(15)25(27)28/h4-5,10,12-13H,6-9,11H2,1-3H3,(H,22,26)/p+1/t13-/m0/s1. The number of halogens is 3. The predicted molar refractivity (Wildman–Crippen MR) is 98.3 cm³/mol. The Morgan fingerprint density at radius 2 is 1.89 bits per heavy atom. The van der Waals surface area contributed by atoms with Crippen molar-refractivity contribution < 1.29 is 27.8 Å². The summed E-state index contributed by atoms with van der Waals surface area (Å²) >= 11 is 0. The maximum atomic E-state index is 12.8. The number of amides is 1. The number of quaternary nitrogens is 1. The van der Waals surface area contributed by atoms with Crippen LogP contribution in [0.2, 0.25) is 0 Å². The maximum absolute atomic E-state index is 12.8. The van der Waals surface area contributed by atoms with Gasteiger partial charge in [-0.3, -0.25) is 14.9 Å². The van der Waals surface area contributed by atoms with Crippen LogP contribution >= 0.6 is 0 Å². The second kappa shape index (κ2) is 8.76. The molecule has 0 saturated carbocycles. The topological polar surface area (TPSA) is 79.9 Å². The second-order valence-electron chi connectivity index (χ2n) is 7.47. The molecule has 0 bridgehead atoms. The van der Waals surface area contributed by atoms with Gasteiger partial charge < -0.3 is 15.1 Å². The minimum absolute atomic E-state index is 0.0508. The van der Waals surface area contributed by atoms with Gasteiger partial charge in [-0.05, 0) is 25.0 Å². The van der Waals surface area contributed by atoms with E-state index in [0.29, 0.717) is 44.7 Å². The molecule has 0 spiro atoms. The normalized spacial score (nSPS) is 16.9. The maximum Gasteiger partial charge on any atom is 0.416 e. The fraction of sp³-hybridized carbons (Fsp3) is 0.611. The van der Waals surface area contributed by atoms with E-state index in [2.05, 4.69) is 5.32 Å². The van der Waals surface area contributed by atoms with E-state index >= 15 is 0 Å². The molecule has 2 rings (SSSR count). The first-order valence-electron chi connectivity index (χ1n) is 9.22. The van der Waals surface area contributed by atoms with E-state index < -0.39 is 22.4 Å². The number of hydrogen-bond donors (Lipinski definition) is 2. The highest BCUT2D eigenvalue weighted by Crippen LogP contribution is 2.36. The fourth-order valence-corrected chi connectivity index (χ4v) is 3.05. The number of benzene rings is 1. The number of nitro groups is 1. The van der Waals surface area contributed by atoms with E-state index in [-0.39, 0.29) is 17.6 Å². The number of anilines is 1. The van der Waals surface area contributed by atoms with Crippen molar-refractivity contribution in [3.63, 3.8) is 0 Å². The van der Waals surface area contributed by atoms with Gasteiger partial charge in [-0.2, -0.15) is 13.2 Å². The van der Waals surface area contributed by atoms with Gasteiger partial charge in [-0.25, -0.2) is 0 Å². The van der Waals surface area contributed by atoms with Gasteiger partial charge >= 0.3 is 6.18 Å². The molecule has 1 aliphatic rings. The molecule has 156 valence electrons. The van der Waals surface area contributed by atoms with Crippen LogP contribution in [-0.4, -0.2) is 49.6 Å². The summed E-state index contributed by atoms with van der Waals surface area (Å²) in [5.41, 5.74) is -1.42. The summed E-state index contributed by atoms with van der Waals surface area (Å²) in [4.78, 5) is 25.3. The van der Waals surface area contributed by atoms with Crippen LogP contribution in [0.25, 0.3) is 0 Å². The minimum atomic E-state index is -4.63. The fourth-order valence-electron chi connectivity index (χ4n) is 3.05. The van der Waals surface area contributed by atoms with Gasteiger partial charge in [-0.15, -0.1) is 0 Å². The SMILES string of the molecule is CC(C)[C@H](C)NC(=O)C[NH+]1CCN(c2ccc(C(F)(F)F)cc2[N+](=O)[O-])CC1. The number of nitrogens with one attached hydrogen (secondary N) is 2. The molecule has 1 amide bonds. The summed E-state index contributed by atoms with van der Waals surface area (Å²) in [6.07, 6.45) is -4.63. The third-order valence-electron chi connectivity index (χ3n) is 5.11. The Bertz CT molecular complexity index is 717. The molecule has 1 aromatic rings. The lowest BCUT2D eigenvalue weighted by Crippen LogP contribution is -3.16. The summed E-state index contributed by atoms with van der Waals surface area (Å²) in [5, 5.41) is 14.2. The monoisotopic (exact) mass is 403 g/mol. The zero-order valence-electron chi connectivity index (χ0n) is 16.2. The molecule has 10 heteroatoms. The average molecular weight is 403 g/mol. The van der Waals surface area contributed by atoms with Gasteiger partial charge in [0, 0.05) is 12.1 Å². The van der Waals surface area contributed by atoms with E-state index in [1.54, 1.807) is 4.90 Å². The van der Waals surface area contributed by atoms with Crippen LogP contribution in [0.3, 0.4) is 0 Å². The number of rotatable bonds is 6. The first kappa shape index (κ1) is 21.9. The van der Waals surface area contributed by atoms with E-state index in [4.69, 9.17) is 0 Å². The van der Waals surface area contributed by atoms with Crippen LogP contribution in [0.4, 0.5) is 24.5 Å². The zero-order chi connectivity index (χ0) is 21.1. The molecule has 1 heterocycles. The summed E-state index contributed by atoms with van der Waals surface area (Å²) in [5.74, 6) is 0.279. The van der Waals surface area contributed by atoms with Gasteiger partial charge in [0.15, 0.2) is 6.54 Å². The van der Waals surface area contributed by atoms with Gasteiger partial charge in [0.2, 0.25) is 0 Å². The quantitative estimate of drug-likeness (QED) is 0.557. The molecular formula is C18H26F3N4O3+. The Balaban J connectivity index is 2.01. The molecule has 28 heavy (non-hydrogen) atoms. The van der Waals surface area contributed by atoms with Gasteiger partial charge in [-0.1, -0.05) is 13.8 Å². The van der Waals surface area contributed by atoms with Crippen LogP contribution < -0.4 is 15.1 Å².